The predicted octanol–water partition coefficient (Wildman–Crippen LogP) is 2.84. The van der Waals surface area contributed by atoms with Crippen molar-refractivity contribution in [2.75, 3.05) is 14.2 Å². The quantitative estimate of drug-likeness (QED) is 0.662. The summed E-state index contributed by atoms with van der Waals surface area (Å²) >= 11 is 0. The number of nitrogens with zero attached hydrogens (tertiary/aromatic N) is 3. The zero-order valence-electron chi connectivity index (χ0n) is 18.0. The Kier molecular flexibility index (Phi) is 5.56. The van der Waals surface area contributed by atoms with Crippen LogP contribution in [0.3, 0.4) is 0 Å². The van der Waals surface area contributed by atoms with Crippen molar-refractivity contribution >= 4 is 0 Å². The summed E-state index contributed by atoms with van der Waals surface area (Å²) in [5.41, 5.74) is 8.41. The lowest BCUT2D eigenvalue weighted by Crippen LogP contribution is -2.33. The van der Waals surface area contributed by atoms with Gasteiger partial charge >= 0.3 is 0 Å². The van der Waals surface area contributed by atoms with Gasteiger partial charge < -0.3 is 24.5 Å². The summed E-state index contributed by atoms with van der Waals surface area (Å²) in [6.07, 6.45) is 1.68. The molecule has 1 aromatic carbocycles. The van der Waals surface area contributed by atoms with E-state index in [9.17, 15) is 10.1 Å². The van der Waals surface area contributed by atoms with Crippen LogP contribution in [-0.2, 0) is 6.54 Å². The second-order valence-corrected chi connectivity index (χ2v) is 7.32. The summed E-state index contributed by atoms with van der Waals surface area (Å²) in [6, 6.07) is 14.7. The largest absolute Gasteiger partial charge is 0.493 e. The standard InChI is InChI=1S/C24H22N4O4/c1-14-10-20-22(24(29)28(14)13-16-6-4-5-9-27-16)21(17(12-25)23(26)32-20)15-7-8-18(30-2)19(11-15)31-3/h4-11,21H,13,26H2,1-3H3/t21-/m0/s1. The van der Waals surface area contributed by atoms with Gasteiger partial charge in [0.15, 0.2) is 11.5 Å². The molecule has 2 N–H and O–H groups in total. The van der Waals surface area contributed by atoms with E-state index in [1.807, 2.05) is 25.1 Å². The van der Waals surface area contributed by atoms with Gasteiger partial charge in [0, 0.05) is 18.0 Å². The average molecular weight is 430 g/mol. The van der Waals surface area contributed by atoms with Gasteiger partial charge in [0.2, 0.25) is 5.88 Å². The van der Waals surface area contributed by atoms with Crippen molar-refractivity contribution in [3.63, 3.8) is 0 Å². The van der Waals surface area contributed by atoms with Crippen LogP contribution in [0.5, 0.6) is 17.2 Å². The highest BCUT2D eigenvalue weighted by Gasteiger charge is 2.35. The van der Waals surface area contributed by atoms with E-state index in [0.29, 0.717) is 40.6 Å². The van der Waals surface area contributed by atoms with E-state index < -0.39 is 5.92 Å². The number of hydrogen-bond donors (Lipinski definition) is 1. The van der Waals surface area contributed by atoms with E-state index in [1.54, 1.807) is 42.1 Å². The first kappa shape index (κ1) is 21.0. The van der Waals surface area contributed by atoms with Gasteiger partial charge in [-0.1, -0.05) is 12.1 Å². The van der Waals surface area contributed by atoms with Gasteiger partial charge in [0.05, 0.1) is 37.9 Å². The molecular weight excluding hydrogens is 408 g/mol. The van der Waals surface area contributed by atoms with Crippen LogP contribution < -0.4 is 25.5 Å². The Morgan fingerprint density at radius 2 is 1.97 bits per heavy atom. The molecule has 4 rings (SSSR count). The Morgan fingerprint density at radius 3 is 2.62 bits per heavy atom. The molecule has 32 heavy (non-hydrogen) atoms. The number of ether oxygens (including phenoxy) is 3. The predicted molar refractivity (Wildman–Crippen MR) is 118 cm³/mol. The minimum absolute atomic E-state index is 0.0268. The van der Waals surface area contributed by atoms with Crippen LogP contribution >= 0.6 is 0 Å². The van der Waals surface area contributed by atoms with Crippen LogP contribution in [0.1, 0.15) is 28.4 Å². The number of fused-ring (bicyclic) bond motifs is 1. The fourth-order valence-electron chi connectivity index (χ4n) is 3.90. The fourth-order valence-corrected chi connectivity index (χ4v) is 3.90. The van der Waals surface area contributed by atoms with Crippen molar-refractivity contribution in [1.82, 2.24) is 9.55 Å². The van der Waals surface area contributed by atoms with Gasteiger partial charge in [-0.3, -0.25) is 9.78 Å². The van der Waals surface area contributed by atoms with E-state index in [-0.39, 0.29) is 17.0 Å². The molecule has 1 aliphatic heterocycles. The second-order valence-electron chi connectivity index (χ2n) is 7.32. The minimum Gasteiger partial charge on any atom is -0.493 e. The van der Waals surface area contributed by atoms with Crippen molar-refractivity contribution in [2.45, 2.75) is 19.4 Å². The lowest BCUT2D eigenvalue weighted by atomic mass is 9.84. The second kappa shape index (κ2) is 8.47. The maximum atomic E-state index is 13.7. The fraction of sp³-hybridized carbons (Fsp3) is 0.208. The van der Waals surface area contributed by atoms with Gasteiger partial charge in [-0.05, 0) is 36.8 Å². The molecule has 0 spiro atoms. The summed E-state index contributed by atoms with van der Waals surface area (Å²) in [5, 5.41) is 9.85. The van der Waals surface area contributed by atoms with Crippen molar-refractivity contribution < 1.29 is 14.2 Å². The van der Waals surface area contributed by atoms with E-state index >= 15 is 0 Å². The lowest BCUT2D eigenvalue weighted by Gasteiger charge is -2.27. The van der Waals surface area contributed by atoms with Crippen LogP contribution in [0.15, 0.2) is 64.9 Å². The monoisotopic (exact) mass is 430 g/mol. The van der Waals surface area contributed by atoms with E-state index in [4.69, 9.17) is 19.9 Å². The number of methoxy groups -OCH3 is 2. The molecule has 0 amide bonds. The van der Waals surface area contributed by atoms with Crippen molar-refractivity contribution in [2.24, 2.45) is 5.73 Å². The molecule has 8 nitrogen and oxygen atoms in total. The average Bonchev–Trinajstić information content (AvgIpc) is 2.81. The van der Waals surface area contributed by atoms with Crippen LogP contribution in [-0.4, -0.2) is 23.8 Å². The molecule has 2 aromatic heterocycles. The van der Waals surface area contributed by atoms with Gasteiger partial charge in [0.1, 0.15) is 17.4 Å². The Labute approximate surface area is 185 Å². The van der Waals surface area contributed by atoms with Gasteiger partial charge in [-0.25, -0.2) is 0 Å². The van der Waals surface area contributed by atoms with Crippen molar-refractivity contribution in [1.29, 1.82) is 5.26 Å². The zero-order valence-corrected chi connectivity index (χ0v) is 18.0. The Balaban J connectivity index is 1.93. The lowest BCUT2D eigenvalue weighted by molar-refractivity contribution is 0.354. The number of allylic oxidation sites excluding steroid dienone is 1. The molecule has 162 valence electrons. The molecule has 0 saturated carbocycles. The molecule has 3 aromatic rings. The first-order chi connectivity index (χ1) is 15.5. The molecular formula is C24H22N4O4. The molecule has 0 fully saturated rings. The summed E-state index contributed by atoms with van der Waals surface area (Å²) < 4.78 is 18.1. The Morgan fingerprint density at radius 1 is 1.19 bits per heavy atom. The Hall–Kier alpha value is -4.25. The summed E-state index contributed by atoms with van der Waals surface area (Å²) in [5.74, 6) is 0.610. The van der Waals surface area contributed by atoms with Crippen LogP contribution in [0.2, 0.25) is 0 Å². The summed E-state index contributed by atoms with van der Waals surface area (Å²) in [4.78, 5) is 18.0. The van der Waals surface area contributed by atoms with Gasteiger partial charge in [-0.2, -0.15) is 5.26 Å². The third-order valence-electron chi connectivity index (χ3n) is 5.48. The summed E-state index contributed by atoms with van der Waals surface area (Å²) in [6.45, 7) is 2.11. The molecule has 1 aliphatic rings. The van der Waals surface area contributed by atoms with E-state index in [2.05, 4.69) is 11.1 Å². The molecule has 3 heterocycles. The number of aryl methyl sites for hydroxylation is 1. The normalized spacial score (nSPS) is 14.9. The van der Waals surface area contributed by atoms with Crippen LogP contribution in [0.4, 0.5) is 0 Å². The zero-order chi connectivity index (χ0) is 22.8. The Bertz CT molecular complexity index is 1310. The maximum absolute atomic E-state index is 13.7. The molecule has 0 radical (unpaired) electrons. The molecule has 1 atom stereocenters. The molecule has 8 heteroatoms. The minimum atomic E-state index is -0.716. The first-order valence-electron chi connectivity index (χ1n) is 9.92. The number of hydrogen-bond acceptors (Lipinski definition) is 7. The molecule has 0 aliphatic carbocycles. The number of aromatic nitrogens is 2. The highest BCUT2D eigenvalue weighted by atomic mass is 16.5. The van der Waals surface area contributed by atoms with E-state index in [0.717, 1.165) is 5.69 Å². The number of pyridine rings is 2. The van der Waals surface area contributed by atoms with Crippen molar-refractivity contribution in [3.8, 4) is 23.3 Å². The third-order valence-corrected chi connectivity index (χ3v) is 5.48. The number of rotatable bonds is 5. The molecule has 0 bridgehead atoms. The highest BCUT2D eigenvalue weighted by Crippen LogP contribution is 2.42. The smallest absolute Gasteiger partial charge is 0.259 e. The SMILES string of the molecule is COc1ccc([C@H]2C(C#N)=C(N)Oc3cc(C)n(Cc4ccccn4)c(=O)c32)cc1OC. The number of benzene rings is 1. The first-order valence-corrected chi connectivity index (χ1v) is 9.92. The summed E-state index contributed by atoms with van der Waals surface area (Å²) in [7, 11) is 3.07. The van der Waals surface area contributed by atoms with Crippen LogP contribution in [0, 0.1) is 18.3 Å². The third kappa shape index (κ3) is 3.54. The van der Waals surface area contributed by atoms with E-state index in [1.165, 1.54) is 7.11 Å². The van der Waals surface area contributed by atoms with Gasteiger partial charge in [0.25, 0.3) is 5.56 Å². The number of nitriles is 1. The van der Waals surface area contributed by atoms with Gasteiger partial charge in [-0.15, -0.1) is 0 Å². The number of nitrogens with two attached hydrogens (primary N) is 1. The molecule has 0 unspecified atom stereocenters. The highest BCUT2D eigenvalue weighted by molar-refractivity contribution is 5.57. The molecule has 0 saturated heterocycles. The van der Waals surface area contributed by atoms with Crippen molar-refractivity contribution in [3.05, 3.63) is 93.0 Å². The maximum Gasteiger partial charge on any atom is 0.259 e. The topological polar surface area (TPSA) is 112 Å². The van der Waals surface area contributed by atoms with Crippen LogP contribution in [0.25, 0.3) is 0 Å².